The van der Waals surface area contributed by atoms with Gasteiger partial charge in [0.15, 0.2) is 0 Å². The molecule has 1 aromatic carbocycles. The third-order valence-corrected chi connectivity index (χ3v) is 3.82. The van der Waals surface area contributed by atoms with Crippen molar-refractivity contribution in [2.75, 3.05) is 6.61 Å². The van der Waals surface area contributed by atoms with E-state index >= 15 is 0 Å². The summed E-state index contributed by atoms with van der Waals surface area (Å²) in [7, 11) is 0. The second-order valence-electron chi connectivity index (χ2n) is 5.44. The topological polar surface area (TPSA) is 90.2 Å². The number of ether oxygens (including phenoxy) is 1. The van der Waals surface area contributed by atoms with Gasteiger partial charge in [0, 0.05) is 6.42 Å². The Labute approximate surface area is 122 Å². The molecular formula is C15H21FO5. The summed E-state index contributed by atoms with van der Waals surface area (Å²) in [5.74, 6) is -0.308. The number of aliphatic hydroxyl groups excluding tert-OH is 4. The fourth-order valence-corrected chi connectivity index (χ4v) is 2.48. The van der Waals surface area contributed by atoms with Gasteiger partial charge in [-0.05, 0) is 24.5 Å². The molecule has 1 aliphatic rings. The van der Waals surface area contributed by atoms with Crippen molar-refractivity contribution in [2.45, 2.75) is 49.8 Å². The third-order valence-electron chi connectivity index (χ3n) is 3.82. The molecule has 5 atom stereocenters. The molecule has 0 radical (unpaired) electrons. The highest BCUT2D eigenvalue weighted by atomic mass is 19.1. The molecular weight excluding hydrogens is 279 g/mol. The zero-order chi connectivity index (χ0) is 15.4. The standard InChI is InChI=1S/C15H21FO5/c16-11-4-2-1-3-9(11)5-6-10(17)7-13-15(20)14(19)12(18)8-21-13/h1-4,10,12-15,17-20H,5-8H2/t10-,12+,13-,14-,15-/m0/s1. The van der Waals surface area contributed by atoms with E-state index in [1.54, 1.807) is 18.2 Å². The Hall–Kier alpha value is -1.05. The van der Waals surface area contributed by atoms with Crippen LogP contribution in [0.5, 0.6) is 0 Å². The lowest BCUT2D eigenvalue weighted by atomic mass is 9.94. The van der Waals surface area contributed by atoms with E-state index < -0.39 is 30.5 Å². The quantitative estimate of drug-likeness (QED) is 0.614. The molecule has 1 fully saturated rings. The maximum atomic E-state index is 13.4. The molecule has 21 heavy (non-hydrogen) atoms. The van der Waals surface area contributed by atoms with Gasteiger partial charge < -0.3 is 25.2 Å². The van der Waals surface area contributed by atoms with Crippen LogP contribution in [-0.4, -0.2) is 57.6 Å². The maximum Gasteiger partial charge on any atom is 0.126 e. The van der Waals surface area contributed by atoms with Crippen LogP contribution in [-0.2, 0) is 11.2 Å². The third kappa shape index (κ3) is 4.21. The molecule has 0 unspecified atom stereocenters. The van der Waals surface area contributed by atoms with Crippen molar-refractivity contribution >= 4 is 0 Å². The zero-order valence-electron chi connectivity index (χ0n) is 11.6. The second kappa shape index (κ2) is 7.29. The average Bonchev–Trinajstić information content (AvgIpc) is 2.47. The molecule has 1 aromatic rings. The van der Waals surface area contributed by atoms with Crippen LogP contribution >= 0.6 is 0 Å². The molecule has 1 heterocycles. The molecule has 6 heteroatoms. The zero-order valence-corrected chi connectivity index (χ0v) is 11.6. The van der Waals surface area contributed by atoms with Crippen molar-refractivity contribution in [1.29, 1.82) is 0 Å². The normalized spacial score (nSPS) is 31.1. The Kier molecular flexibility index (Phi) is 5.66. The second-order valence-corrected chi connectivity index (χ2v) is 5.44. The summed E-state index contributed by atoms with van der Waals surface area (Å²) in [5.41, 5.74) is 0.525. The number of rotatable bonds is 5. The first kappa shape index (κ1) is 16.3. The summed E-state index contributed by atoms with van der Waals surface area (Å²) in [5, 5.41) is 38.7. The molecule has 0 aromatic heterocycles. The Morgan fingerprint density at radius 2 is 1.90 bits per heavy atom. The van der Waals surface area contributed by atoms with Crippen LogP contribution in [0.1, 0.15) is 18.4 Å². The van der Waals surface area contributed by atoms with Crippen molar-refractivity contribution in [3.63, 3.8) is 0 Å². The van der Waals surface area contributed by atoms with Gasteiger partial charge in [0.05, 0.1) is 18.8 Å². The van der Waals surface area contributed by atoms with Crippen LogP contribution in [0.4, 0.5) is 4.39 Å². The number of aryl methyl sites for hydroxylation is 1. The van der Waals surface area contributed by atoms with Crippen molar-refractivity contribution < 1.29 is 29.6 Å². The summed E-state index contributed by atoms with van der Waals surface area (Å²) in [6.45, 7) is -0.0804. The van der Waals surface area contributed by atoms with Gasteiger partial charge in [0.25, 0.3) is 0 Å². The summed E-state index contributed by atoms with van der Waals surface area (Å²) < 4.78 is 18.7. The first-order valence-corrected chi connectivity index (χ1v) is 7.06. The van der Waals surface area contributed by atoms with Gasteiger partial charge in [-0.15, -0.1) is 0 Å². The van der Waals surface area contributed by atoms with E-state index in [-0.39, 0.29) is 18.8 Å². The minimum atomic E-state index is -1.28. The fraction of sp³-hybridized carbons (Fsp3) is 0.600. The van der Waals surface area contributed by atoms with Crippen molar-refractivity contribution in [3.8, 4) is 0 Å². The van der Waals surface area contributed by atoms with Crippen molar-refractivity contribution in [1.82, 2.24) is 0 Å². The first-order valence-electron chi connectivity index (χ1n) is 7.06. The van der Waals surface area contributed by atoms with Crippen LogP contribution in [0.2, 0.25) is 0 Å². The number of aliphatic hydroxyl groups is 4. The predicted molar refractivity (Wildman–Crippen MR) is 73.1 cm³/mol. The molecule has 0 saturated carbocycles. The van der Waals surface area contributed by atoms with Gasteiger partial charge >= 0.3 is 0 Å². The molecule has 1 saturated heterocycles. The smallest absolute Gasteiger partial charge is 0.126 e. The molecule has 2 rings (SSSR count). The lowest BCUT2D eigenvalue weighted by Gasteiger charge is -2.36. The average molecular weight is 300 g/mol. The lowest BCUT2D eigenvalue weighted by molar-refractivity contribution is -0.193. The van der Waals surface area contributed by atoms with Gasteiger partial charge in [0.2, 0.25) is 0 Å². The van der Waals surface area contributed by atoms with Crippen LogP contribution in [0, 0.1) is 5.82 Å². The number of hydrogen-bond acceptors (Lipinski definition) is 5. The monoisotopic (exact) mass is 300 g/mol. The highest BCUT2D eigenvalue weighted by Crippen LogP contribution is 2.21. The van der Waals surface area contributed by atoms with Gasteiger partial charge in [-0.1, -0.05) is 18.2 Å². The summed E-state index contributed by atoms with van der Waals surface area (Å²) in [6.07, 6.45) is -4.33. The van der Waals surface area contributed by atoms with Gasteiger partial charge in [-0.25, -0.2) is 4.39 Å². The molecule has 0 aliphatic carbocycles. The van der Waals surface area contributed by atoms with Crippen LogP contribution < -0.4 is 0 Å². The van der Waals surface area contributed by atoms with Crippen LogP contribution in [0.15, 0.2) is 24.3 Å². The summed E-state index contributed by atoms with van der Waals surface area (Å²) in [4.78, 5) is 0. The maximum absolute atomic E-state index is 13.4. The molecule has 1 aliphatic heterocycles. The Bertz CT molecular complexity index is 455. The van der Waals surface area contributed by atoms with Gasteiger partial charge in [-0.3, -0.25) is 0 Å². The number of halogens is 1. The molecule has 118 valence electrons. The summed E-state index contributed by atoms with van der Waals surface area (Å²) >= 11 is 0. The largest absolute Gasteiger partial charge is 0.393 e. The van der Waals surface area contributed by atoms with E-state index in [1.165, 1.54) is 6.07 Å². The van der Waals surface area contributed by atoms with Gasteiger partial charge in [-0.2, -0.15) is 0 Å². The SMILES string of the molecule is O[C@@H](CCc1ccccc1F)C[C@@H]1OC[C@@H](O)[C@H](O)[C@H]1O. The predicted octanol–water partition coefficient (Wildman–Crippen LogP) is -0.00920. The minimum Gasteiger partial charge on any atom is -0.393 e. The molecule has 0 amide bonds. The van der Waals surface area contributed by atoms with Gasteiger partial charge in [0.1, 0.15) is 24.1 Å². The molecule has 5 nitrogen and oxygen atoms in total. The van der Waals surface area contributed by atoms with Crippen LogP contribution in [0.25, 0.3) is 0 Å². The Morgan fingerprint density at radius 1 is 1.19 bits per heavy atom. The number of hydrogen-bond donors (Lipinski definition) is 4. The number of benzene rings is 1. The molecule has 0 spiro atoms. The lowest BCUT2D eigenvalue weighted by Crippen LogP contribution is -2.53. The van der Waals surface area contributed by atoms with Crippen molar-refractivity contribution in [2.24, 2.45) is 0 Å². The van der Waals surface area contributed by atoms with E-state index in [0.717, 1.165) is 0 Å². The van der Waals surface area contributed by atoms with E-state index in [2.05, 4.69) is 0 Å². The van der Waals surface area contributed by atoms with E-state index in [9.17, 15) is 24.8 Å². The van der Waals surface area contributed by atoms with E-state index in [1.807, 2.05) is 0 Å². The molecule has 4 N–H and O–H groups in total. The first-order chi connectivity index (χ1) is 9.99. The molecule has 0 bridgehead atoms. The Morgan fingerprint density at radius 3 is 2.62 bits per heavy atom. The summed E-state index contributed by atoms with van der Waals surface area (Å²) in [6, 6.07) is 6.37. The van der Waals surface area contributed by atoms with E-state index in [4.69, 9.17) is 4.74 Å². The van der Waals surface area contributed by atoms with Crippen LogP contribution in [0.3, 0.4) is 0 Å². The highest BCUT2D eigenvalue weighted by Gasteiger charge is 2.38. The van der Waals surface area contributed by atoms with Crippen molar-refractivity contribution in [3.05, 3.63) is 35.6 Å². The van der Waals surface area contributed by atoms with E-state index in [0.29, 0.717) is 18.4 Å². The fourth-order valence-electron chi connectivity index (χ4n) is 2.48. The Balaban J connectivity index is 1.82. The highest BCUT2D eigenvalue weighted by molar-refractivity contribution is 5.17. The minimum absolute atomic E-state index is 0.0804.